The standard InChI is InChI=1S/C26H28N2O3/c1-18-6-11-23-22(4-2-14-27-23)25(18)19-7-9-20(10-8-19)31-21-12-15-28(16-13-21)26(29)24-5-3-17-30-24/h2,4,6-11,14,21,24H,3,5,12-13,15-17H2,1H3/t24-/m1/s1. The fourth-order valence-corrected chi connectivity index (χ4v) is 4.71. The van der Waals surface area contributed by atoms with Crippen LogP contribution in [0.25, 0.3) is 22.0 Å². The second-order valence-electron chi connectivity index (χ2n) is 8.50. The van der Waals surface area contributed by atoms with Crippen LogP contribution in [0.3, 0.4) is 0 Å². The van der Waals surface area contributed by atoms with Crippen LogP contribution in [0.15, 0.2) is 54.7 Å². The molecule has 0 bridgehead atoms. The third-order valence-corrected chi connectivity index (χ3v) is 6.40. The van der Waals surface area contributed by atoms with E-state index in [0.29, 0.717) is 6.61 Å². The van der Waals surface area contributed by atoms with E-state index in [2.05, 4.69) is 42.2 Å². The summed E-state index contributed by atoms with van der Waals surface area (Å²) in [7, 11) is 0. The van der Waals surface area contributed by atoms with Gasteiger partial charge in [0.05, 0.1) is 5.52 Å². The minimum absolute atomic E-state index is 0.142. The van der Waals surface area contributed by atoms with E-state index >= 15 is 0 Å². The van der Waals surface area contributed by atoms with Crippen LogP contribution in [-0.2, 0) is 9.53 Å². The molecular formula is C26H28N2O3. The van der Waals surface area contributed by atoms with Gasteiger partial charge < -0.3 is 14.4 Å². The Kier molecular flexibility index (Phi) is 5.60. The van der Waals surface area contributed by atoms with Crippen molar-refractivity contribution in [1.29, 1.82) is 0 Å². The highest BCUT2D eigenvalue weighted by molar-refractivity contribution is 5.96. The summed E-state index contributed by atoms with van der Waals surface area (Å²) >= 11 is 0. The van der Waals surface area contributed by atoms with Gasteiger partial charge in [0.2, 0.25) is 0 Å². The molecule has 2 aliphatic rings. The number of benzene rings is 2. The van der Waals surface area contributed by atoms with Gasteiger partial charge in [0.15, 0.2) is 0 Å². The zero-order chi connectivity index (χ0) is 21.2. The lowest BCUT2D eigenvalue weighted by molar-refractivity contribution is -0.142. The van der Waals surface area contributed by atoms with Crippen molar-refractivity contribution < 1.29 is 14.3 Å². The molecule has 2 aromatic carbocycles. The number of nitrogens with zero attached hydrogens (tertiary/aromatic N) is 2. The van der Waals surface area contributed by atoms with Gasteiger partial charge in [-0.3, -0.25) is 9.78 Å². The maximum atomic E-state index is 12.5. The first-order valence-corrected chi connectivity index (χ1v) is 11.2. The molecule has 0 aliphatic carbocycles. The largest absolute Gasteiger partial charge is 0.490 e. The summed E-state index contributed by atoms with van der Waals surface area (Å²) in [5, 5.41) is 1.17. The molecule has 31 heavy (non-hydrogen) atoms. The number of piperidine rings is 1. The molecule has 5 heteroatoms. The van der Waals surface area contributed by atoms with E-state index in [1.54, 1.807) is 0 Å². The molecule has 2 fully saturated rings. The fourth-order valence-electron chi connectivity index (χ4n) is 4.71. The van der Waals surface area contributed by atoms with Gasteiger partial charge >= 0.3 is 0 Å². The van der Waals surface area contributed by atoms with Crippen LogP contribution >= 0.6 is 0 Å². The number of amides is 1. The van der Waals surface area contributed by atoms with Crippen LogP contribution < -0.4 is 4.74 Å². The van der Waals surface area contributed by atoms with Crippen molar-refractivity contribution in [3.8, 4) is 16.9 Å². The highest BCUT2D eigenvalue weighted by Gasteiger charge is 2.31. The molecule has 5 nitrogen and oxygen atoms in total. The predicted molar refractivity (Wildman–Crippen MR) is 121 cm³/mol. The lowest BCUT2D eigenvalue weighted by Gasteiger charge is -2.33. The lowest BCUT2D eigenvalue weighted by Crippen LogP contribution is -2.45. The summed E-state index contributed by atoms with van der Waals surface area (Å²) in [6.07, 6.45) is 5.30. The monoisotopic (exact) mass is 416 g/mol. The number of rotatable bonds is 4. The smallest absolute Gasteiger partial charge is 0.251 e. The molecule has 2 aliphatic heterocycles. The third kappa shape index (κ3) is 4.15. The molecular weight excluding hydrogens is 388 g/mol. The molecule has 0 N–H and O–H groups in total. The number of hydrogen-bond acceptors (Lipinski definition) is 4. The summed E-state index contributed by atoms with van der Waals surface area (Å²) in [5.41, 5.74) is 4.63. The minimum atomic E-state index is -0.224. The second kappa shape index (κ2) is 8.67. The van der Waals surface area contributed by atoms with Gasteiger partial charge in [-0.25, -0.2) is 0 Å². The normalized spacial score (nSPS) is 19.6. The molecule has 3 heterocycles. The molecule has 5 rings (SSSR count). The molecule has 160 valence electrons. The molecule has 1 amide bonds. The van der Waals surface area contributed by atoms with Crippen LogP contribution in [0, 0.1) is 6.92 Å². The molecule has 3 aromatic rings. The number of carbonyl (C=O) groups excluding carboxylic acids is 1. The number of ether oxygens (including phenoxy) is 2. The van der Waals surface area contributed by atoms with Crippen molar-refractivity contribution in [2.45, 2.75) is 44.8 Å². The zero-order valence-electron chi connectivity index (χ0n) is 17.9. The predicted octanol–water partition coefficient (Wildman–Crippen LogP) is 4.76. The average molecular weight is 417 g/mol. The third-order valence-electron chi connectivity index (χ3n) is 6.40. The Balaban J connectivity index is 1.24. The van der Waals surface area contributed by atoms with Crippen LogP contribution in [-0.4, -0.2) is 47.7 Å². The number of aryl methyl sites for hydroxylation is 1. The van der Waals surface area contributed by atoms with Crippen LogP contribution in [0.4, 0.5) is 0 Å². The highest BCUT2D eigenvalue weighted by atomic mass is 16.5. The Morgan fingerprint density at radius 1 is 1.06 bits per heavy atom. The van der Waals surface area contributed by atoms with E-state index in [1.807, 2.05) is 29.3 Å². The number of pyridine rings is 1. The van der Waals surface area contributed by atoms with Gasteiger partial charge in [-0.15, -0.1) is 0 Å². The van der Waals surface area contributed by atoms with E-state index in [9.17, 15) is 4.79 Å². The Morgan fingerprint density at radius 2 is 1.87 bits per heavy atom. The fraction of sp³-hybridized carbons (Fsp3) is 0.385. The van der Waals surface area contributed by atoms with Gasteiger partial charge in [0, 0.05) is 44.1 Å². The van der Waals surface area contributed by atoms with E-state index in [4.69, 9.17) is 9.47 Å². The summed E-state index contributed by atoms with van der Waals surface area (Å²) in [5.74, 6) is 1.03. The summed E-state index contributed by atoms with van der Waals surface area (Å²) in [4.78, 5) is 18.9. The maximum absolute atomic E-state index is 12.5. The van der Waals surface area contributed by atoms with Crippen LogP contribution in [0.1, 0.15) is 31.2 Å². The first-order valence-electron chi connectivity index (χ1n) is 11.2. The topological polar surface area (TPSA) is 51.7 Å². The second-order valence-corrected chi connectivity index (χ2v) is 8.50. The van der Waals surface area contributed by atoms with Crippen molar-refractivity contribution in [3.63, 3.8) is 0 Å². The average Bonchev–Trinajstić information content (AvgIpc) is 3.35. The lowest BCUT2D eigenvalue weighted by atomic mass is 9.96. The number of hydrogen-bond donors (Lipinski definition) is 0. The molecule has 1 atom stereocenters. The maximum Gasteiger partial charge on any atom is 0.251 e. The van der Waals surface area contributed by atoms with E-state index in [1.165, 1.54) is 22.1 Å². The summed E-state index contributed by atoms with van der Waals surface area (Å²) < 4.78 is 11.8. The van der Waals surface area contributed by atoms with Gasteiger partial charge in [0.25, 0.3) is 5.91 Å². The molecule has 1 aromatic heterocycles. The Labute approximate surface area is 183 Å². The first-order chi connectivity index (χ1) is 15.2. The number of fused-ring (bicyclic) bond motifs is 1. The highest BCUT2D eigenvalue weighted by Crippen LogP contribution is 2.32. The molecule has 0 unspecified atom stereocenters. The summed E-state index contributed by atoms with van der Waals surface area (Å²) in [6.45, 7) is 4.33. The Bertz CT molecular complexity index is 1070. The quantitative estimate of drug-likeness (QED) is 0.615. The van der Waals surface area contributed by atoms with Gasteiger partial charge in [-0.05, 0) is 60.7 Å². The van der Waals surface area contributed by atoms with Crippen LogP contribution in [0.5, 0.6) is 5.75 Å². The molecule has 0 radical (unpaired) electrons. The van der Waals surface area contributed by atoms with Gasteiger partial charge in [-0.2, -0.15) is 0 Å². The van der Waals surface area contributed by atoms with Gasteiger partial charge in [0.1, 0.15) is 18.0 Å². The van der Waals surface area contributed by atoms with Crippen molar-refractivity contribution in [2.24, 2.45) is 0 Å². The van der Waals surface area contributed by atoms with E-state index < -0.39 is 0 Å². The summed E-state index contributed by atoms with van der Waals surface area (Å²) in [6, 6.07) is 16.7. The molecule has 0 saturated carbocycles. The van der Waals surface area contributed by atoms with E-state index in [0.717, 1.165) is 50.0 Å². The van der Waals surface area contributed by atoms with Gasteiger partial charge in [-0.1, -0.05) is 24.3 Å². The van der Waals surface area contributed by atoms with Crippen LogP contribution in [0.2, 0.25) is 0 Å². The minimum Gasteiger partial charge on any atom is -0.490 e. The zero-order valence-corrected chi connectivity index (χ0v) is 17.9. The Hall–Kier alpha value is -2.92. The number of carbonyl (C=O) groups is 1. The van der Waals surface area contributed by atoms with Crippen molar-refractivity contribution in [3.05, 3.63) is 60.3 Å². The first kappa shape index (κ1) is 20.0. The van der Waals surface area contributed by atoms with Crippen molar-refractivity contribution >= 4 is 16.8 Å². The number of likely N-dealkylation sites (tertiary alicyclic amines) is 1. The van der Waals surface area contributed by atoms with Crippen molar-refractivity contribution in [2.75, 3.05) is 19.7 Å². The van der Waals surface area contributed by atoms with Crippen molar-refractivity contribution in [1.82, 2.24) is 9.88 Å². The van der Waals surface area contributed by atoms with E-state index in [-0.39, 0.29) is 18.1 Å². The SMILES string of the molecule is Cc1ccc2ncccc2c1-c1ccc(OC2CCN(C(=O)[C@H]3CCCO3)CC2)cc1. The molecule has 2 saturated heterocycles. The molecule has 0 spiro atoms. The number of aromatic nitrogens is 1. The Morgan fingerprint density at radius 3 is 2.61 bits per heavy atom.